The van der Waals surface area contributed by atoms with Crippen molar-refractivity contribution in [3.63, 3.8) is 0 Å². The van der Waals surface area contributed by atoms with Gasteiger partial charge in [0.25, 0.3) is 0 Å². The topological polar surface area (TPSA) is 60.2 Å². The summed E-state index contributed by atoms with van der Waals surface area (Å²) in [5.41, 5.74) is 5.34. The van der Waals surface area contributed by atoms with E-state index < -0.39 is 32.1 Å². The molecule has 0 aromatic heterocycles. The largest absolute Gasteiger partial charge is 0.399 e. The Hall–Kier alpha value is -1.66. The second-order valence-electron chi connectivity index (χ2n) is 4.18. The Morgan fingerprint density at radius 3 is 2.40 bits per heavy atom. The first-order chi connectivity index (χ1) is 9.29. The van der Waals surface area contributed by atoms with Crippen molar-refractivity contribution in [3.8, 4) is 0 Å². The highest BCUT2D eigenvalue weighted by atomic mass is 35.5. The Balaban J connectivity index is 2.43. The van der Waals surface area contributed by atoms with E-state index in [1.54, 1.807) is 0 Å². The third-order valence-electron chi connectivity index (χ3n) is 2.64. The van der Waals surface area contributed by atoms with E-state index >= 15 is 0 Å². The summed E-state index contributed by atoms with van der Waals surface area (Å²) < 4.78 is 51.4. The van der Waals surface area contributed by atoms with Gasteiger partial charge in [0.2, 0.25) is 0 Å². The predicted octanol–water partition coefficient (Wildman–Crippen LogP) is 3.17. The first-order valence-electron chi connectivity index (χ1n) is 5.51. The molecule has 0 radical (unpaired) electrons. The van der Waals surface area contributed by atoms with Crippen molar-refractivity contribution >= 4 is 27.1 Å². The molecule has 20 heavy (non-hydrogen) atoms. The molecule has 0 heterocycles. The number of halogens is 3. The van der Waals surface area contributed by atoms with Crippen LogP contribution in [0.15, 0.2) is 41.3 Å². The van der Waals surface area contributed by atoms with E-state index in [9.17, 15) is 17.2 Å². The van der Waals surface area contributed by atoms with Crippen molar-refractivity contribution in [1.82, 2.24) is 0 Å². The Morgan fingerprint density at radius 2 is 1.75 bits per heavy atom. The molecule has 0 saturated carbocycles. The summed E-state index contributed by atoms with van der Waals surface area (Å²) in [6.45, 7) is 0. The summed E-state index contributed by atoms with van der Waals surface area (Å²) in [6.07, 6.45) is 0. The van der Waals surface area contributed by atoms with Crippen LogP contribution in [0.5, 0.6) is 0 Å². The lowest BCUT2D eigenvalue weighted by Gasteiger charge is -2.08. The standard InChI is InChI=1S/C13H10ClF2NO2S/c14-9-1-3-11(15)8(5-9)7-20(18,19)13-4-2-10(17)6-12(13)16/h1-6H,7,17H2. The molecular formula is C13H10ClF2NO2S. The molecule has 2 N–H and O–H groups in total. The van der Waals surface area contributed by atoms with Crippen molar-refractivity contribution in [3.05, 3.63) is 58.6 Å². The van der Waals surface area contributed by atoms with Crippen LogP contribution >= 0.6 is 11.6 Å². The maximum Gasteiger partial charge on any atom is 0.185 e. The highest BCUT2D eigenvalue weighted by Gasteiger charge is 2.21. The minimum absolute atomic E-state index is 0.107. The number of nitrogens with two attached hydrogens (primary N) is 1. The number of sulfone groups is 1. The lowest BCUT2D eigenvalue weighted by Crippen LogP contribution is -2.09. The molecule has 2 aromatic carbocycles. The molecule has 106 valence electrons. The van der Waals surface area contributed by atoms with Gasteiger partial charge < -0.3 is 5.73 Å². The molecular weight excluding hydrogens is 308 g/mol. The first kappa shape index (κ1) is 14.7. The van der Waals surface area contributed by atoms with Gasteiger partial charge in [0, 0.05) is 16.3 Å². The summed E-state index contributed by atoms with van der Waals surface area (Å²) >= 11 is 5.69. The van der Waals surface area contributed by atoms with Crippen molar-refractivity contribution in [1.29, 1.82) is 0 Å². The van der Waals surface area contributed by atoms with Crippen LogP contribution < -0.4 is 5.73 Å². The second kappa shape index (κ2) is 5.38. The van der Waals surface area contributed by atoms with Crippen LogP contribution in [-0.2, 0) is 15.6 Å². The Morgan fingerprint density at radius 1 is 1.05 bits per heavy atom. The fourth-order valence-electron chi connectivity index (χ4n) is 1.71. The van der Waals surface area contributed by atoms with Gasteiger partial charge >= 0.3 is 0 Å². The van der Waals surface area contributed by atoms with Crippen LogP contribution in [0.4, 0.5) is 14.5 Å². The number of hydrogen-bond acceptors (Lipinski definition) is 3. The molecule has 7 heteroatoms. The summed E-state index contributed by atoms with van der Waals surface area (Å²) in [7, 11) is -4.03. The molecule has 2 rings (SSSR count). The number of anilines is 1. The molecule has 3 nitrogen and oxygen atoms in total. The van der Waals surface area contributed by atoms with Gasteiger partial charge in [-0.25, -0.2) is 17.2 Å². The molecule has 0 spiro atoms. The van der Waals surface area contributed by atoms with E-state index in [0.29, 0.717) is 0 Å². The van der Waals surface area contributed by atoms with Gasteiger partial charge in [0.1, 0.15) is 16.5 Å². The molecule has 0 bridgehead atoms. The third-order valence-corrected chi connectivity index (χ3v) is 4.57. The van der Waals surface area contributed by atoms with Gasteiger partial charge in [0.05, 0.1) is 5.75 Å². The average Bonchev–Trinajstić information content (AvgIpc) is 2.33. The van der Waals surface area contributed by atoms with Gasteiger partial charge in [0.15, 0.2) is 9.84 Å². The third kappa shape index (κ3) is 3.08. The summed E-state index contributed by atoms with van der Waals surface area (Å²) in [5, 5.41) is 0.203. The maximum absolute atomic E-state index is 13.6. The monoisotopic (exact) mass is 317 g/mol. The van der Waals surface area contributed by atoms with Crippen molar-refractivity contribution in [2.45, 2.75) is 10.6 Å². The zero-order valence-corrected chi connectivity index (χ0v) is 11.7. The van der Waals surface area contributed by atoms with Crippen molar-refractivity contribution < 1.29 is 17.2 Å². The van der Waals surface area contributed by atoms with E-state index in [1.165, 1.54) is 18.2 Å². The Labute approximate surface area is 119 Å². The number of nitrogen functional groups attached to an aromatic ring is 1. The van der Waals surface area contributed by atoms with Crippen LogP contribution in [0.3, 0.4) is 0 Å². The quantitative estimate of drug-likeness (QED) is 0.884. The number of benzene rings is 2. The average molecular weight is 318 g/mol. The van der Waals surface area contributed by atoms with Crippen LogP contribution in [0, 0.1) is 11.6 Å². The molecule has 0 aliphatic carbocycles. The van der Waals surface area contributed by atoms with Gasteiger partial charge in [-0.2, -0.15) is 0 Å². The van der Waals surface area contributed by atoms with Crippen LogP contribution in [0.25, 0.3) is 0 Å². The van der Waals surface area contributed by atoms with Gasteiger partial charge in [-0.3, -0.25) is 0 Å². The molecule has 0 saturated heterocycles. The van der Waals surface area contributed by atoms with Crippen molar-refractivity contribution in [2.75, 3.05) is 5.73 Å². The molecule has 2 aromatic rings. The summed E-state index contributed by atoms with van der Waals surface area (Å²) in [5.74, 6) is -2.36. The zero-order chi connectivity index (χ0) is 14.9. The Bertz CT molecular complexity index is 763. The normalized spacial score (nSPS) is 11.6. The van der Waals surface area contributed by atoms with E-state index in [2.05, 4.69) is 0 Å². The smallest absolute Gasteiger partial charge is 0.185 e. The fraction of sp³-hybridized carbons (Fsp3) is 0.0769. The minimum Gasteiger partial charge on any atom is -0.399 e. The first-order valence-corrected chi connectivity index (χ1v) is 7.54. The fourth-order valence-corrected chi connectivity index (χ4v) is 3.32. The second-order valence-corrected chi connectivity index (χ2v) is 6.58. The molecule has 0 aliphatic heterocycles. The van der Waals surface area contributed by atoms with Crippen LogP contribution in [0.2, 0.25) is 5.02 Å². The lowest BCUT2D eigenvalue weighted by molar-refractivity contribution is 0.563. The van der Waals surface area contributed by atoms with Gasteiger partial charge in [-0.05, 0) is 36.4 Å². The highest BCUT2D eigenvalue weighted by molar-refractivity contribution is 7.90. The molecule has 0 aliphatic rings. The van der Waals surface area contributed by atoms with Crippen LogP contribution in [-0.4, -0.2) is 8.42 Å². The van der Waals surface area contributed by atoms with E-state index in [-0.39, 0.29) is 16.3 Å². The maximum atomic E-state index is 13.6. The van der Waals surface area contributed by atoms with Gasteiger partial charge in [-0.1, -0.05) is 11.6 Å². The zero-order valence-electron chi connectivity index (χ0n) is 10.1. The number of hydrogen-bond donors (Lipinski definition) is 1. The van der Waals surface area contributed by atoms with E-state index in [0.717, 1.165) is 18.2 Å². The highest BCUT2D eigenvalue weighted by Crippen LogP contribution is 2.24. The summed E-state index contributed by atoms with van der Waals surface area (Å²) in [4.78, 5) is -0.522. The van der Waals surface area contributed by atoms with E-state index in [1.807, 2.05) is 0 Å². The van der Waals surface area contributed by atoms with E-state index in [4.69, 9.17) is 17.3 Å². The van der Waals surface area contributed by atoms with Crippen molar-refractivity contribution in [2.24, 2.45) is 0 Å². The molecule has 0 atom stereocenters. The molecule has 0 fully saturated rings. The number of rotatable bonds is 3. The SMILES string of the molecule is Nc1ccc(S(=O)(=O)Cc2cc(Cl)ccc2F)c(F)c1. The lowest BCUT2D eigenvalue weighted by atomic mass is 10.2. The van der Waals surface area contributed by atoms with Crippen LogP contribution in [0.1, 0.15) is 5.56 Å². The summed E-state index contributed by atoms with van der Waals surface area (Å²) in [6, 6.07) is 6.79. The predicted molar refractivity (Wildman–Crippen MR) is 73.1 cm³/mol. The van der Waals surface area contributed by atoms with Gasteiger partial charge in [-0.15, -0.1) is 0 Å². The minimum atomic E-state index is -4.03. The molecule has 0 amide bonds. The molecule has 0 unspecified atom stereocenters. The Kier molecular flexibility index (Phi) is 3.96.